The topological polar surface area (TPSA) is 43.4 Å². The van der Waals surface area contributed by atoms with Crippen molar-refractivity contribution in [1.29, 1.82) is 0 Å². The number of carbonyl (C=O) groups excluding carboxylic acids is 2. The molecule has 0 heterocycles. The molecule has 0 fully saturated rings. The highest BCUT2D eigenvalue weighted by molar-refractivity contribution is 5.91. The summed E-state index contributed by atoms with van der Waals surface area (Å²) in [4.78, 5) is 22.5. The molecule has 0 saturated carbocycles. The monoisotopic (exact) mass is 268 g/mol. The molecule has 0 saturated heterocycles. The fraction of sp³-hybridized carbons (Fsp3) is 0.176. The number of ether oxygens (including phenoxy) is 1. The molecule has 0 atom stereocenters. The average molecular weight is 268 g/mol. The Hall–Kier alpha value is -2.42. The fourth-order valence-corrected chi connectivity index (χ4v) is 2.02. The summed E-state index contributed by atoms with van der Waals surface area (Å²) < 4.78 is 5.06. The Kier molecular flexibility index (Phi) is 4.66. The van der Waals surface area contributed by atoms with Gasteiger partial charge in [0.25, 0.3) is 0 Å². The van der Waals surface area contributed by atoms with Gasteiger partial charge >= 0.3 is 5.97 Å². The van der Waals surface area contributed by atoms with Gasteiger partial charge in [-0.05, 0) is 30.5 Å². The van der Waals surface area contributed by atoms with Crippen LogP contribution in [-0.4, -0.2) is 18.9 Å². The summed E-state index contributed by atoms with van der Waals surface area (Å²) in [5.41, 5.74) is 3.21. The van der Waals surface area contributed by atoms with Crippen molar-refractivity contribution in [2.45, 2.75) is 13.3 Å². The SMILES string of the molecule is CCOC(=O)c1ccccc1Cc1ccc(C=O)cc1. The van der Waals surface area contributed by atoms with E-state index in [1.165, 1.54) is 0 Å². The third-order valence-electron chi connectivity index (χ3n) is 3.02. The van der Waals surface area contributed by atoms with Gasteiger partial charge in [0.1, 0.15) is 6.29 Å². The summed E-state index contributed by atoms with van der Waals surface area (Å²) >= 11 is 0. The largest absolute Gasteiger partial charge is 0.462 e. The Labute approximate surface area is 118 Å². The Morgan fingerprint density at radius 2 is 1.80 bits per heavy atom. The molecule has 3 heteroatoms. The van der Waals surface area contributed by atoms with Crippen LogP contribution in [0.25, 0.3) is 0 Å². The van der Waals surface area contributed by atoms with Crippen molar-refractivity contribution in [1.82, 2.24) is 0 Å². The molecular formula is C17H16O3. The third-order valence-corrected chi connectivity index (χ3v) is 3.02. The van der Waals surface area contributed by atoms with E-state index in [1.54, 1.807) is 25.1 Å². The van der Waals surface area contributed by atoms with Gasteiger partial charge in [0, 0.05) is 5.56 Å². The van der Waals surface area contributed by atoms with Crippen molar-refractivity contribution in [2.24, 2.45) is 0 Å². The zero-order chi connectivity index (χ0) is 14.4. The van der Waals surface area contributed by atoms with E-state index in [-0.39, 0.29) is 5.97 Å². The highest BCUT2D eigenvalue weighted by Crippen LogP contribution is 2.16. The number of esters is 1. The average Bonchev–Trinajstić information content (AvgIpc) is 2.49. The zero-order valence-electron chi connectivity index (χ0n) is 11.3. The van der Waals surface area contributed by atoms with Gasteiger partial charge < -0.3 is 4.74 Å². The smallest absolute Gasteiger partial charge is 0.338 e. The molecule has 2 aromatic rings. The molecular weight excluding hydrogens is 252 g/mol. The molecule has 3 nitrogen and oxygen atoms in total. The third kappa shape index (κ3) is 3.32. The van der Waals surface area contributed by atoms with Crippen LogP contribution >= 0.6 is 0 Å². The van der Waals surface area contributed by atoms with Crippen molar-refractivity contribution >= 4 is 12.3 Å². The molecule has 0 aromatic heterocycles. The van der Waals surface area contributed by atoms with Crippen LogP contribution in [0.4, 0.5) is 0 Å². The van der Waals surface area contributed by atoms with Crippen molar-refractivity contribution < 1.29 is 14.3 Å². The zero-order valence-corrected chi connectivity index (χ0v) is 11.3. The van der Waals surface area contributed by atoms with E-state index < -0.39 is 0 Å². The maximum absolute atomic E-state index is 11.9. The van der Waals surface area contributed by atoms with Gasteiger partial charge in [-0.1, -0.05) is 42.5 Å². The van der Waals surface area contributed by atoms with Crippen LogP contribution < -0.4 is 0 Å². The summed E-state index contributed by atoms with van der Waals surface area (Å²) in [5.74, 6) is -0.299. The Balaban J connectivity index is 2.23. The molecule has 0 amide bonds. The molecule has 2 aromatic carbocycles. The minimum atomic E-state index is -0.299. The molecule has 2 rings (SSSR count). The second-order valence-corrected chi connectivity index (χ2v) is 4.41. The number of benzene rings is 2. The fourth-order valence-electron chi connectivity index (χ4n) is 2.02. The van der Waals surface area contributed by atoms with Gasteiger partial charge in [0.2, 0.25) is 0 Å². The number of hydrogen-bond acceptors (Lipinski definition) is 3. The molecule has 0 unspecified atom stereocenters. The van der Waals surface area contributed by atoms with Crippen LogP contribution in [0.2, 0.25) is 0 Å². The predicted octanol–water partition coefficient (Wildman–Crippen LogP) is 3.27. The van der Waals surface area contributed by atoms with Crippen LogP contribution in [0.3, 0.4) is 0 Å². The van der Waals surface area contributed by atoms with Crippen molar-refractivity contribution in [2.75, 3.05) is 6.61 Å². The lowest BCUT2D eigenvalue weighted by Gasteiger charge is -2.09. The molecule has 0 aliphatic carbocycles. The number of hydrogen-bond donors (Lipinski definition) is 0. The van der Waals surface area contributed by atoms with Crippen LogP contribution in [0.15, 0.2) is 48.5 Å². The van der Waals surface area contributed by atoms with E-state index >= 15 is 0 Å². The van der Waals surface area contributed by atoms with Gasteiger partial charge in [0.15, 0.2) is 0 Å². The van der Waals surface area contributed by atoms with Gasteiger partial charge in [-0.25, -0.2) is 4.79 Å². The van der Waals surface area contributed by atoms with E-state index in [0.29, 0.717) is 24.2 Å². The van der Waals surface area contributed by atoms with E-state index in [9.17, 15) is 9.59 Å². The standard InChI is InChI=1S/C17H16O3/c1-2-20-17(19)16-6-4-3-5-15(16)11-13-7-9-14(12-18)10-8-13/h3-10,12H,2,11H2,1H3. The summed E-state index contributed by atoms with van der Waals surface area (Å²) in [6.45, 7) is 2.15. The summed E-state index contributed by atoms with van der Waals surface area (Å²) in [7, 11) is 0. The maximum atomic E-state index is 11.9. The first-order valence-electron chi connectivity index (χ1n) is 6.53. The van der Waals surface area contributed by atoms with Crippen LogP contribution in [-0.2, 0) is 11.2 Å². The number of aldehydes is 1. The molecule has 0 radical (unpaired) electrons. The number of carbonyl (C=O) groups is 2. The Bertz CT molecular complexity index is 600. The molecule has 0 spiro atoms. The van der Waals surface area contributed by atoms with Gasteiger partial charge in [-0.2, -0.15) is 0 Å². The highest BCUT2D eigenvalue weighted by atomic mass is 16.5. The van der Waals surface area contributed by atoms with E-state index in [4.69, 9.17) is 4.74 Å². The summed E-state index contributed by atoms with van der Waals surface area (Å²) in [5, 5.41) is 0. The maximum Gasteiger partial charge on any atom is 0.338 e. The van der Waals surface area contributed by atoms with Crippen LogP contribution in [0.5, 0.6) is 0 Å². The van der Waals surface area contributed by atoms with Gasteiger partial charge in [-0.3, -0.25) is 4.79 Å². The van der Waals surface area contributed by atoms with Crippen molar-refractivity contribution in [3.8, 4) is 0 Å². The first-order valence-corrected chi connectivity index (χ1v) is 6.53. The van der Waals surface area contributed by atoms with E-state index in [1.807, 2.05) is 30.3 Å². The molecule has 0 bridgehead atoms. The lowest BCUT2D eigenvalue weighted by atomic mass is 9.99. The highest BCUT2D eigenvalue weighted by Gasteiger charge is 2.11. The van der Waals surface area contributed by atoms with Gasteiger partial charge in [0.05, 0.1) is 12.2 Å². The summed E-state index contributed by atoms with van der Waals surface area (Å²) in [6.07, 6.45) is 1.45. The Morgan fingerprint density at radius 3 is 2.45 bits per heavy atom. The summed E-state index contributed by atoms with van der Waals surface area (Å²) in [6, 6.07) is 14.7. The van der Waals surface area contributed by atoms with Gasteiger partial charge in [-0.15, -0.1) is 0 Å². The van der Waals surface area contributed by atoms with Crippen LogP contribution in [0.1, 0.15) is 38.8 Å². The first-order chi connectivity index (χ1) is 9.74. The first kappa shape index (κ1) is 14.0. The molecule has 0 aliphatic heterocycles. The molecule has 20 heavy (non-hydrogen) atoms. The molecule has 0 aliphatic rings. The number of rotatable bonds is 5. The van der Waals surface area contributed by atoms with E-state index in [0.717, 1.165) is 17.4 Å². The second-order valence-electron chi connectivity index (χ2n) is 4.41. The molecule has 0 N–H and O–H groups in total. The quantitative estimate of drug-likeness (QED) is 0.617. The van der Waals surface area contributed by atoms with Crippen molar-refractivity contribution in [3.05, 3.63) is 70.8 Å². The minimum Gasteiger partial charge on any atom is -0.462 e. The minimum absolute atomic E-state index is 0.299. The normalized spacial score (nSPS) is 10.1. The predicted molar refractivity (Wildman–Crippen MR) is 77.0 cm³/mol. The lowest BCUT2D eigenvalue weighted by Crippen LogP contribution is -2.08. The van der Waals surface area contributed by atoms with E-state index in [2.05, 4.69) is 0 Å². The Morgan fingerprint density at radius 1 is 1.10 bits per heavy atom. The second kappa shape index (κ2) is 6.66. The molecule has 102 valence electrons. The lowest BCUT2D eigenvalue weighted by molar-refractivity contribution is 0.0525. The van der Waals surface area contributed by atoms with Crippen LogP contribution in [0, 0.1) is 0 Å². The van der Waals surface area contributed by atoms with Crippen molar-refractivity contribution in [3.63, 3.8) is 0 Å².